The highest BCUT2D eigenvalue weighted by molar-refractivity contribution is 5.25. The number of nitrogens with zero attached hydrogens (tertiary/aromatic N) is 4. The van der Waals surface area contributed by atoms with Gasteiger partial charge in [-0.2, -0.15) is 5.10 Å². The number of rotatable bonds is 7. The summed E-state index contributed by atoms with van der Waals surface area (Å²) < 4.78 is 19.1. The normalized spacial score (nSPS) is 21.1. The van der Waals surface area contributed by atoms with Crippen LogP contribution in [0.5, 0.6) is 5.88 Å². The third kappa shape index (κ3) is 4.48. The minimum absolute atomic E-state index is 0.228. The van der Waals surface area contributed by atoms with E-state index in [1.807, 2.05) is 12.3 Å². The van der Waals surface area contributed by atoms with Crippen LogP contribution in [-0.2, 0) is 22.6 Å². The standard InChI is InChI=1S/C20H28N4O3/c1-25-20-17(3-2-7-21-20)11-23-12-18-4-8-22-24(18)19(13-23)15-27-14-16-5-9-26-10-6-16/h2-4,7-8,16,19H,5-6,9-15H2,1H3. The number of fused-ring (bicyclic) bond motifs is 1. The summed E-state index contributed by atoms with van der Waals surface area (Å²) in [4.78, 5) is 6.73. The second-order valence-corrected chi connectivity index (χ2v) is 7.36. The van der Waals surface area contributed by atoms with Gasteiger partial charge in [0.15, 0.2) is 0 Å². The van der Waals surface area contributed by atoms with Crippen LogP contribution in [0.4, 0.5) is 0 Å². The number of hydrogen-bond donors (Lipinski definition) is 0. The molecule has 27 heavy (non-hydrogen) atoms. The Kier molecular flexibility index (Phi) is 6.01. The molecule has 0 radical (unpaired) electrons. The molecule has 0 aromatic carbocycles. The minimum atomic E-state index is 0.228. The first-order chi connectivity index (χ1) is 13.3. The zero-order valence-electron chi connectivity index (χ0n) is 15.9. The SMILES string of the molecule is COc1ncccc1CN1Cc2ccnn2C(COCC2CCOCC2)C1. The minimum Gasteiger partial charge on any atom is -0.481 e. The molecule has 1 fully saturated rings. The number of methoxy groups -OCH3 is 1. The summed E-state index contributed by atoms with van der Waals surface area (Å²) in [7, 11) is 1.67. The van der Waals surface area contributed by atoms with Crippen molar-refractivity contribution in [2.24, 2.45) is 5.92 Å². The van der Waals surface area contributed by atoms with Crippen LogP contribution in [0, 0.1) is 5.92 Å². The predicted octanol–water partition coefficient (Wildman–Crippen LogP) is 2.29. The quantitative estimate of drug-likeness (QED) is 0.743. The van der Waals surface area contributed by atoms with Crippen molar-refractivity contribution in [3.63, 3.8) is 0 Å². The lowest BCUT2D eigenvalue weighted by Crippen LogP contribution is -2.39. The third-order valence-electron chi connectivity index (χ3n) is 5.39. The first-order valence-corrected chi connectivity index (χ1v) is 9.71. The average molecular weight is 372 g/mol. The van der Waals surface area contributed by atoms with E-state index in [0.717, 1.165) is 57.9 Å². The maximum Gasteiger partial charge on any atom is 0.217 e. The molecule has 146 valence electrons. The number of pyridine rings is 1. The smallest absolute Gasteiger partial charge is 0.217 e. The number of ether oxygens (including phenoxy) is 3. The van der Waals surface area contributed by atoms with E-state index in [-0.39, 0.29) is 6.04 Å². The molecule has 0 amide bonds. The molecule has 0 saturated carbocycles. The summed E-state index contributed by atoms with van der Waals surface area (Å²) in [5.74, 6) is 1.32. The van der Waals surface area contributed by atoms with Crippen molar-refractivity contribution in [1.82, 2.24) is 19.7 Å². The van der Waals surface area contributed by atoms with Crippen LogP contribution in [-0.4, -0.2) is 59.7 Å². The van der Waals surface area contributed by atoms with E-state index in [0.29, 0.717) is 18.4 Å². The monoisotopic (exact) mass is 372 g/mol. The summed E-state index contributed by atoms with van der Waals surface area (Å²) in [6, 6.07) is 6.36. The van der Waals surface area contributed by atoms with Crippen molar-refractivity contribution in [2.45, 2.75) is 32.0 Å². The van der Waals surface area contributed by atoms with E-state index in [1.165, 1.54) is 5.69 Å². The highest BCUT2D eigenvalue weighted by atomic mass is 16.5. The van der Waals surface area contributed by atoms with E-state index < -0.39 is 0 Å². The molecule has 2 aromatic rings. The largest absolute Gasteiger partial charge is 0.481 e. The van der Waals surface area contributed by atoms with Gasteiger partial charge in [-0.05, 0) is 30.9 Å². The highest BCUT2D eigenvalue weighted by Gasteiger charge is 2.27. The van der Waals surface area contributed by atoms with E-state index in [2.05, 4.69) is 31.8 Å². The van der Waals surface area contributed by atoms with Crippen LogP contribution in [0.3, 0.4) is 0 Å². The second-order valence-electron chi connectivity index (χ2n) is 7.36. The van der Waals surface area contributed by atoms with E-state index in [9.17, 15) is 0 Å². The molecule has 0 aliphatic carbocycles. The number of aromatic nitrogens is 3. The Hall–Kier alpha value is -1.96. The highest BCUT2D eigenvalue weighted by Crippen LogP contribution is 2.25. The Labute approximate surface area is 160 Å². The molecular weight excluding hydrogens is 344 g/mol. The predicted molar refractivity (Wildman–Crippen MR) is 101 cm³/mol. The van der Waals surface area contributed by atoms with Gasteiger partial charge in [0, 0.05) is 57.4 Å². The van der Waals surface area contributed by atoms with Crippen molar-refractivity contribution in [2.75, 3.05) is 40.1 Å². The average Bonchev–Trinajstić information content (AvgIpc) is 3.18. The lowest BCUT2D eigenvalue weighted by Gasteiger charge is -2.34. The van der Waals surface area contributed by atoms with Crippen LogP contribution in [0.1, 0.15) is 30.1 Å². The second kappa shape index (κ2) is 8.82. The fraction of sp³-hybridized carbons (Fsp3) is 0.600. The van der Waals surface area contributed by atoms with Gasteiger partial charge < -0.3 is 14.2 Å². The van der Waals surface area contributed by atoms with Crippen LogP contribution in [0.2, 0.25) is 0 Å². The lowest BCUT2D eigenvalue weighted by molar-refractivity contribution is 0.00329. The lowest BCUT2D eigenvalue weighted by atomic mass is 10.0. The summed E-state index contributed by atoms with van der Waals surface area (Å²) in [6.45, 7) is 5.80. The Balaban J connectivity index is 1.38. The summed E-state index contributed by atoms with van der Waals surface area (Å²) in [5, 5.41) is 4.53. The Morgan fingerprint density at radius 1 is 1.19 bits per heavy atom. The van der Waals surface area contributed by atoms with Crippen molar-refractivity contribution in [3.8, 4) is 5.88 Å². The topological polar surface area (TPSA) is 61.6 Å². The van der Waals surface area contributed by atoms with Gasteiger partial charge in [0.1, 0.15) is 0 Å². The molecule has 2 aromatic heterocycles. The summed E-state index contributed by atoms with van der Waals surface area (Å²) in [5.41, 5.74) is 2.33. The molecule has 7 heteroatoms. The molecule has 2 aliphatic rings. The van der Waals surface area contributed by atoms with Crippen molar-refractivity contribution < 1.29 is 14.2 Å². The van der Waals surface area contributed by atoms with Crippen LogP contribution in [0.25, 0.3) is 0 Å². The van der Waals surface area contributed by atoms with Gasteiger partial charge in [0.2, 0.25) is 5.88 Å². The maximum absolute atomic E-state index is 6.10. The van der Waals surface area contributed by atoms with Gasteiger partial charge in [-0.1, -0.05) is 6.07 Å². The molecule has 7 nitrogen and oxygen atoms in total. The summed E-state index contributed by atoms with van der Waals surface area (Å²) in [6.07, 6.45) is 5.85. The molecule has 1 unspecified atom stereocenters. The first kappa shape index (κ1) is 18.4. The van der Waals surface area contributed by atoms with Crippen LogP contribution < -0.4 is 4.74 Å². The fourth-order valence-electron chi connectivity index (χ4n) is 3.96. The van der Waals surface area contributed by atoms with Crippen LogP contribution in [0.15, 0.2) is 30.6 Å². The molecule has 1 saturated heterocycles. The molecule has 0 N–H and O–H groups in total. The maximum atomic E-state index is 6.10. The molecule has 4 heterocycles. The van der Waals surface area contributed by atoms with Crippen molar-refractivity contribution >= 4 is 0 Å². The van der Waals surface area contributed by atoms with Crippen LogP contribution >= 0.6 is 0 Å². The van der Waals surface area contributed by atoms with E-state index in [4.69, 9.17) is 14.2 Å². The van der Waals surface area contributed by atoms with Gasteiger partial charge in [-0.3, -0.25) is 9.58 Å². The molecule has 4 rings (SSSR count). The zero-order valence-corrected chi connectivity index (χ0v) is 15.9. The molecule has 0 spiro atoms. The Morgan fingerprint density at radius 3 is 2.93 bits per heavy atom. The van der Waals surface area contributed by atoms with E-state index >= 15 is 0 Å². The van der Waals surface area contributed by atoms with Gasteiger partial charge in [-0.15, -0.1) is 0 Å². The van der Waals surface area contributed by atoms with Gasteiger partial charge in [0.25, 0.3) is 0 Å². The molecule has 2 aliphatic heterocycles. The molecule has 1 atom stereocenters. The Bertz CT molecular complexity index is 730. The van der Waals surface area contributed by atoms with Crippen molar-refractivity contribution in [1.29, 1.82) is 0 Å². The molecule has 0 bridgehead atoms. The Morgan fingerprint density at radius 2 is 2.07 bits per heavy atom. The first-order valence-electron chi connectivity index (χ1n) is 9.71. The zero-order chi connectivity index (χ0) is 18.5. The fourth-order valence-corrected chi connectivity index (χ4v) is 3.96. The third-order valence-corrected chi connectivity index (χ3v) is 5.39. The van der Waals surface area contributed by atoms with Crippen molar-refractivity contribution in [3.05, 3.63) is 41.9 Å². The van der Waals surface area contributed by atoms with E-state index in [1.54, 1.807) is 13.3 Å². The van der Waals surface area contributed by atoms with Gasteiger partial charge >= 0.3 is 0 Å². The van der Waals surface area contributed by atoms with Gasteiger partial charge in [-0.25, -0.2) is 4.98 Å². The summed E-state index contributed by atoms with van der Waals surface area (Å²) >= 11 is 0. The van der Waals surface area contributed by atoms with Gasteiger partial charge in [0.05, 0.1) is 25.5 Å². The number of hydrogen-bond acceptors (Lipinski definition) is 6. The molecular formula is C20H28N4O3.